The van der Waals surface area contributed by atoms with Crippen LogP contribution in [-0.4, -0.2) is 29.5 Å². The van der Waals surface area contributed by atoms with Gasteiger partial charge < -0.3 is 14.6 Å². The Labute approximate surface area is 224 Å². The number of ketones is 1. The van der Waals surface area contributed by atoms with E-state index in [9.17, 15) is 14.7 Å². The summed E-state index contributed by atoms with van der Waals surface area (Å²) in [7, 11) is 0. The number of ether oxygens (including phenoxy) is 2. The molecule has 6 nitrogen and oxygen atoms in total. The van der Waals surface area contributed by atoms with Crippen molar-refractivity contribution < 1.29 is 24.2 Å². The van der Waals surface area contributed by atoms with Gasteiger partial charge in [-0.2, -0.15) is 0 Å². The minimum atomic E-state index is -0.802. The molecule has 1 atom stereocenters. The maximum atomic E-state index is 13.4. The van der Waals surface area contributed by atoms with Gasteiger partial charge in [0, 0.05) is 11.3 Å². The minimum absolute atomic E-state index is 0.000435. The largest absolute Gasteiger partial charge is 0.507 e. The first-order chi connectivity index (χ1) is 18.1. The molecule has 1 aliphatic rings. The highest BCUT2D eigenvalue weighted by atomic mass is 16.5. The second-order valence-corrected chi connectivity index (χ2v) is 10.4. The molecule has 0 aromatic heterocycles. The molecule has 6 heteroatoms. The first-order valence-corrected chi connectivity index (χ1v) is 12.9. The summed E-state index contributed by atoms with van der Waals surface area (Å²) in [6.07, 6.45) is 0.000435. The summed E-state index contributed by atoms with van der Waals surface area (Å²) in [6, 6.07) is 19.2. The Morgan fingerprint density at radius 3 is 2.16 bits per heavy atom. The van der Waals surface area contributed by atoms with Crippen LogP contribution in [0.1, 0.15) is 56.0 Å². The number of aliphatic hydroxyl groups is 1. The van der Waals surface area contributed by atoms with Crippen LogP contribution in [0.4, 0.5) is 5.69 Å². The number of hydrogen-bond donors (Lipinski definition) is 1. The summed E-state index contributed by atoms with van der Waals surface area (Å²) < 4.78 is 11.7. The van der Waals surface area contributed by atoms with E-state index in [1.165, 1.54) is 4.90 Å². The van der Waals surface area contributed by atoms with Crippen molar-refractivity contribution in [2.45, 2.75) is 53.7 Å². The van der Waals surface area contributed by atoms with Crippen LogP contribution in [0.15, 0.2) is 72.3 Å². The van der Waals surface area contributed by atoms with Crippen molar-refractivity contribution in [2.24, 2.45) is 5.92 Å². The van der Waals surface area contributed by atoms with Gasteiger partial charge in [-0.05, 0) is 87.2 Å². The monoisotopic (exact) mass is 513 g/mol. The van der Waals surface area contributed by atoms with E-state index in [2.05, 4.69) is 13.8 Å². The van der Waals surface area contributed by atoms with Gasteiger partial charge in [0.2, 0.25) is 0 Å². The lowest BCUT2D eigenvalue weighted by Gasteiger charge is -2.26. The highest BCUT2D eigenvalue weighted by Crippen LogP contribution is 2.43. The molecule has 1 N–H and O–H groups in total. The number of carbonyl (C=O) groups is 2. The van der Waals surface area contributed by atoms with Gasteiger partial charge in [0.1, 0.15) is 17.3 Å². The number of Topliss-reactive ketones (excluding diaryl/α,β-unsaturated/α-hetero) is 1. The molecular formula is C32H35NO5. The number of benzene rings is 3. The second kappa shape index (κ2) is 11.1. The zero-order chi connectivity index (χ0) is 27.6. The summed E-state index contributed by atoms with van der Waals surface area (Å²) in [6.45, 7) is 12.5. The average Bonchev–Trinajstić information content (AvgIpc) is 3.14. The van der Waals surface area contributed by atoms with Crippen molar-refractivity contribution in [3.8, 4) is 11.5 Å². The molecule has 1 saturated heterocycles. The van der Waals surface area contributed by atoms with Gasteiger partial charge in [-0.25, -0.2) is 0 Å². The first-order valence-electron chi connectivity index (χ1n) is 12.9. The number of carbonyl (C=O) groups excluding carboxylic acids is 2. The Kier molecular flexibility index (Phi) is 7.91. The van der Waals surface area contributed by atoms with Crippen molar-refractivity contribution in [2.75, 3.05) is 11.5 Å². The van der Waals surface area contributed by atoms with Crippen molar-refractivity contribution >= 4 is 23.1 Å². The Morgan fingerprint density at radius 2 is 1.58 bits per heavy atom. The molecule has 0 aliphatic carbocycles. The fourth-order valence-corrected chi connectivity index (χ4v) is 4.47. The number of hydrogen-bond acceptors (Lipinski definition) is 5. The summed E-state index contributed by atoms with van der Waals surface area (Å²) >= 11 is 0. The smallest absolute Gasteiger partial charge is 0.300 e. The van der Waals surface area contributed by atoms with Crippen LogP contribution in [0.3, 0.4) is 0 Å². The fourth-order valence-electron chi connectivity index (χ4n) is 4.47. The third-order valence-electron chi connectivity index (χ3n) is 6.35. The number of aliphatic hydroxyl groups excluding tert-OH is 1. The zero-order valence-corrected chi connectivity index (χ0v) is 22.8. The van der Waals surface area contributed by atoms with Crippen LogP contribution in [0, 0.1) is 19.8 Å². The molecule has 1 unspecified atom stereocenters. The van der Waals surface area contributed by atoms with Gasteiger partial charge in [-0.3, -0.25) is 14.5 Å². The Balaban J connectivity index is 1.83. The summed E-state index contributed by atoms with van der Waals surface area (Å²) in [4.78, 5) is 28.3. The molecule has 4 rings (SSSR count). The predicted molar refractivity (Wildman–Crippen MR) is 150 cm³/mol. The molecule has 0 bridgehead atoms. The maximum Gasteiger partial charge on any atom is 0.300 e. The van der Waals surface area contributed by atoms with E-state index in [-0.39, 0.29) is 17.4 Å². The van der Waals surface area contributed by atoms with Crippen molar-refractivity contribution in [3.05, 3.63) is 94.6 Å². The lowest BCUT2D eigenvalue weighted by atomic mass is 9.94. The Bertz CT molecular complexity index is 1350. The lowest BCUT2D eigenvalue weighted by Crippen LogP contribution is -2.29. The zero-order valence-electron chi connectivity index (χ0n) is 22.8. The van der Waals surface area contributed by atoms with Crippen LogP contribution >= 0.6 is 0 Å². The molecule has 3 aromatic rings. The van der Waals surface area contributed by atoms with Crippen molar-refractivity contribution in [1.29, 1.82) is 0 Å². The van der Waals surface area contributed by atoms with Crippen LogP contribution in [0.2, 0.25) is 0 Å². The van der Waals surface area contributed by atoms with E-state index in [1.54, 1.807) is 18.2 Å². The van der Waals surface area contributed by atoms with Crippen molar-refractivity contribution in [1.82, 2.24) is 0 Å². The molecule has 1 fully saturated rings. The molecule has 1 heterocycles. The Morgan fingerprint density at radius 1 is 0.921 bits per heavy atom. The van der Waals surface area contributed by atoms with E-state index < -0.39 is 17.7 Å². The van der Waals surface area contributed by atoms with Gasteiger partial charge in [0.15, 0.2) is 0 Å². The highest BCUT2D eigenvalue weighted by Gasteiger charge is 2.47. The standard InChI is InChI=1S/C32H35NO5/c1-19(2)18-37-26-14-9-23(10-15-26)29-28(30(34)24-11-16-27(22(6)17-24)38-20(3)4)31(35)32(36)33(29)25-12-7-21(5)8-13-25/h7-17,19-20,29,34H,18H2,1-6H3/b30-28-. The lowest BCUT2D eigenvalue weighted by molar-refractivity contribution is -0.132. The third-order valence-corrected chi connectivity index (χ3v) is 6.35. The number of rotatable bonds is 8. The van der Waals surface area contributed by atoms with Crippen molar-refractivity contribution in [3.63, 3.8) is 0 Å². The topological polar surface area (TPSA) is 76.1 Å². The predicted octanol–water partition coefficient (Wildman–Crippen LogP) is 6.75. The highest BCUT2D eigenvalue weighted by molar-refractivity contribution is 6.51. The quantitative estimate of drug-likeness (QED) is 0.205. The van der Waals surface area contributed by atoms with Gasteiger partial charge >= 0.3 is 0 Å². The number of anilines is 1. The van der Waals surface area contributed by atoms with E-state index in [4.69, 9.17) is 9.47 Å². The molecule has 38 heavy (non-hydrogen) atoms. The summed E-state index contributed by atoms with van der Waals surface area (Å²) in [5, 5.41) is 11.5. The normalized spacial score (nSPS) is 16.9. The fraction of sp³-hybridized carbons (Fsp3) is 0.312. The van der Waals surface area contributed by atoms with E-state index in [0.717, 1.165) is 11.1 Å². The van der Waals surface area contributed by atoms with Crippen LogP contribution in [0.25, 0.3) is 5.76 Å². The van der Waals surface area contributed by atoms with Crippen LogP contribution in [0.5, 0.6) is 11.5 Å². The Hall–Kier alpha value is -4.06. The number of nitrogens with zero attached hydrogens (tertiary/aromatic N) is 1. The SMILES string of the molecule is Cc1ccc(N2C(=O)C(=O)/C(=C(\O)c3ccc(OC(C)C)c(C)c3)C2c2ccc(OCC(C)C)cc2)cc1. The van der Waals surface area contributed by atoms with Crippen LogP contribution < -0.4 is 14.4 Å². The molecule has 0 spiro atoms. The molecule has 3 aromatic carbocycles. The van der Waals surface area contributed by atoms with Gasteiger partial charge in [0.05, 0.1) is 24.3 Å². The second-order valence-electron chi connectivity index (χ2n) is 10.4. The third kappa shape index (κ3) is 5.59. The van der Waals surface area contributed by atoms with Gasteiger partial charge in [0.25, 0.3) is 11.7 Å². The van der Waals surface area contributed by atoms with E-state index >= 15 is 0 Å². The molecule has 198 valence electrons. The minimum Gasteiger partial charge on any atom is -0.507 e. The average molecular weight is 514 g/mol. The van der Waals surface area contributed by atoms with Crippen LogP contribution in [-0.2, 0) is 9.59 Å². The first kappa shape index (κ1) is 27.0. The number of aryl methyl sites for hydroxylation is 2. The van der Waals surface area contributed by atoms with E-state index in [1.807, 2.05) is 76.2 Å². The summed E-state index contributed by atoms with van der Waals surface area (Å²) in [5.41, 5.74) is 3.62. The molecule has 1 aliphatic heterocycles. The molecule has 1 amide bonds. The van der Waals surface area contributed by atoms with E-state index in [0.29, 0.717) is 40.8 Å². The number of amides is 1. The molecule has 0 radical (unpaired) electrons. The molecular weight excluding hydrogens is 478 g/mol. The van der Waals surface area contributed by atoms with Gasteiger partial charge in [-0.1, -0.05) is 43.7 Å². The maximum absolute atomic E-state index is 13.4. The summed E-state index contributed by atoms with van der Waals surface area (Å²) in [5.74, 6) is 0.146. The van der Waals surface area contributed by atoms with Gasteiger partial charge in [-0.15, -0.1) is 0 Å². The molecule has 0 saturated carbocycles.